The number of amides is 2. The number of carbonyl (C=O) groups excluding carboxylic acids is 1. The molecule has 0 aliphatic carbocycles. The first-order chi connectivity index (χ1) is 12.2. The van der Waals surface area contributed by atoms with Gasteiger partial charge in [0.1, 0.15) is 0 Å². The van der Waals surface area contributed by atoms with E-state index in [4.69, 9.17) is 0 Å². The van der Waals surface area contributed by atoms with Crippen LogP contribution in [-0.4, -0.2) is 35.5 Å². The van der Waals surface area contributed by atoms with Crippen LogP contribution >= 0.6 is 11.3 Å². The van der Waals surface area contributed by atoms with E-state index in [0.717, 1.165) is 25.2 Å². The van der Waals surface area contributed by atoms with Crippen LogP contribution in [0.5, 0.6) is 0 Å². The third-order valence-electron chi connectivity index (χ3n) is 4.36. The molecule has 1 N–H and O–H groups in total. The lowest BCUT2D eigenvalue weighted by molar-refractivity contribution is 0.198. The Morgan fingerprint density at radius 3 is 2.20 bits per heavy atom. The van der Waals surface area contributed by atoms with Gasteiger partial charge in [-0.3, -0.25) is 4.90 Å². The molecule has 0 fully saturated rings. The monoisotopic (exact) mass is 359 g/mol. The molecule has 0 unspecified atom stereocenters. The minimum atomic E-state index is -0.0110. The fourth-order valence-electron chi connectivity index (χ4n) is 2.68. The third-order valence-corrected chi connectivity index (χ3v) is 5.22. The van der Waals surface area contributed by atoms with Gasteiger partial charge >= 0.3 is 6.03 Å². The van der Waals surface area contributed by atoms with Crippen molar-refractivity contribution in [1.29, 1.82) is 0 Å². The molecule has 0 aliphatic heterocycles. The van der Waals surface area contributed by atoms with Crippen molar-refractivity contribution < 1.29 is 4.79 Å². The maximum atomic E-state index is 12.4. The Morgan fingerprint density at radius 1 is 0.960 bits per heavy atom. The van der Waals surface area contributed by atoms with Gasteiger partial charge in [-0.1, -0.05) is 44.2 Å². The molecule has 0 saturated heterocycles. The van der Waals surface area contributed by atoms with E-state index in [0.29, 0.717) is 19.6 Å². The Morgan fingerprint density at radius 2 is 1.64 bits per heavy atom. The highest BCUT2D eigenvalue weighted by molar-refractivity contribution is 7.09. The average Bonchev–Trinajstić information content (AvgIpc) is 3.16. The molecule has 2 aromatic rings. The molecule has 2 rings (SSSR count). The zero-order chi connectivity index (χ0) is 18.1. The van der Waals surface area contributed by atoms with Crippen LogP contribution in [0.15, 0.2) is 41.8 Å². The molecule has 1 heterocycles. The van der Waals surface area contributed by atoms with E-state index in [1.165, 1.54) is 10.4 Å². The molecule has 136 valence electrons. The van der Waals surface area contributed by atoms with Gasteiger partial charge in [-0.2, -0.15) is 0 Å². The number of urea groups is 1. The van der Waals surface area contributed by atoms with E-state index in [1.54, 1.807) is 11.3 Å². The fourth-order valence-corrected chi connectivity index (χ4v) is 3.39. The van der Waals surface area contributed by atoms with E-state index in [-0.39, 0.29) is 6.03 Å². The highest BCUT2D eigenvalue weighted by Gasteiger charge is 2.12. The van der Waals surface area contributed by atoms with Crippen molar-refractivity contribution in [2.24, 2.45) is 0 Å². The summed E-state index contributed by atoms with van der Waals surface area (Å²) < 4.78 is 0. The number of nitrogens with one attached hydrogen (secondary N) is 1. The van der Waals surface area contributed by atoms with Crippen LogP contribution in [0.3, 0.4) is 0 Å². The smallest absolute Gasteiger partial charge is 0.317 e. The Kier molecular flexibility index (Phi) is 7.95. The van der Waals surface area contributed by atoms with Crippen molar-refractivity contribution >= 4 is 17.4 Å². The van der Waals surface area contributed by atoms with Crippen molar-refractivity contribution in [1.82, 2.24) is 15.1 Å². The number of thiophene rings is 1. The molecular formula is C20H29N3OS. The summed E-state index contributed by atoms with van der Waals surface area (Å²) in [5.74, 6) is 0. The maximum Gasteiger partial charge on any atom is 0.317 e. The number of nitrogens with zero attached hydrogens (tertiary/aromatic N) is 2. The summed E-state index contributed by atoms with van der Waals surface area (Å²) in [7, 11) is 0. The number of hydrogen-bond acceptors (Lipinski definition) is 3. The zero-order valence-electron chi connectivity index (χ0n) is 15.5. The number of rotatable bonds is 9. The third kappa shape index (κ3) is 6.18. The molecule has 0 spiro atoms. The molecule has 0 bridgehead atoms. The predicted molar refractivity (Wildman–Crippen MR) is 106 cm³/mol. The molecule has 0 saturated carbocycles. The molecule has 0 aliphatic rings. The summed E-state index contributed by atoms with van der Waals surface area (Å²) in [4.78, 5) is 17.8. The van der Waals surface area contributed by atoms with Crippen LogP contribution in [0.1, 0.15) is 36.8 Å². The predicted octanol–water partition coefficient (Wildman–Crippen LogP) is 4.32. The van der Waals surface area contributed by atoms with Crippen LogP contribution in [0, 0.1) is 0 Å². The molecule has 25 heavy (non-hydrogen) atoms. The van der Waals surface area contributed by atoms with Gasteiger partial charge in [-0.05, 0) is 42.6 Å². The van der Waals surface area contributed by atoms with Crippen molar-refractivity contribution in [2.75, 3.05) is 19.6 Å². The standard InChI is InChI=1S/C20H29N3OS/c1-4-22(5-2)15-18-11-9-17(10-12-18)14-21-20(24)23(6-3)16-19-8-7-13-25-19/h7-13H,4-6,14-16H2,1-3H3,(H,21,24). The Labute approximate surface area is 155 Å². The molecule has 0 radical (unpaired) electrons. The van der Waals surface area contributed by atoms with Crippen LogP contribution in [0.4, 0.5) is 4.79 Å². The Hall–Kier alpha value is -1.85. The molecule has 4 nitrogen and oxygen atoms in total. The normalized spacial score (nSPS) is 10.9. The van der Waals surface area contributed by atoms with Crippen molar-refractivity contribution in [2.45, 2.75) is 40.4 Å². The minimum absolute atomic E-state index is 0.0110. The second kappa shape index (κ2) is 10.2. The van der Waals surface area contributed by atoms with Gasteiger partial charge in [0.15, 0.2) is 0 Å². The van der Waals surface area contributed by atoms with Gasteiger partial charge in [-0.15, -0.1) is 11.3 Å². The van der Waals surface area contributed by atoms with Gasteiger partial charge in [-0.25, -0.2) is 4.79 Å². The van der Waals surface area contributed by atoms with E-state index in [2.05, 4.69) is 54.4 Å². The molecule has 5 heteroatoms. The maximum absolute atomic E-state index is 12.4. The molecule has 1 aromatic heterocycles. The first-order valence-electron chi connectivity index (χ1n) is 9.01. The second-order valence-corrected chi connectivity index (χ2v) is 7.06. The molecular weight excluding hydrogens is 330 g/mol. The lowest BCUT2D eigenvalue weighted by Gasteiger charge is -2.21. The van der Waals surface area contributed by atoms with Gasteiger partial charge < -0.3 is 10.2 Å². The number of benzene rings is 1. The van der Waals surface area contributed by atoms with Crippen molar-refractivity contribution in [3.63, 3.8) is 0 Å². The fraction of sp³-hybridized carbons (Fsp3) is 0.450. The average molecular weight is 360 g/mol. The summed E-state index contributed by atoms with van der Waals surface area (Å²) in [6.07, 6.45) is 0. The van der Waals surface area contributed by atoms with Gasteiger partial charge in [0.25, 0.3) is 0 Å². The lowest BCUT2D eigenvalue weighted by Crippen LogP contribution is -2.38. The van der Waals surface area contributed by atoms with Gasteiger partial charge in [0.05, 0.1) is 6.54 Å². The van der Waals surface area contributed by atoms with E-state index < -0.39 is 0 Å². The first kappa shape index (κ1) is 19.5. The van der Waals surface area contributed by atoms with Crippen molar-refractivity contribution in [3.05, 3.63) is 57.8 Å². The van der Waals surface area contributed by atoms with Crippen LogP contribution < -0.4 is 5.32 Å². The minimum Gasteiger partial charge on any atom is -0.334 e. The quantitative estimate of drug-likeness (QED) is 0.724. The summed E-state index contributed by atoms with van der Waals surface area (Å²) >= 11 is 1.68. The summed E-state index contributed by atoms with van der Waals surface area (Å²) in [6.45, 7) is 11.4. The second-order valence-electron chi connectivity index (χ2n) is 6.03. The van der Waals surface area contributed by atoms with Crippen LogP contribution in [-0.2, 0) is 19.6 Å². The lowest BCUT2D eigenvalue weighted by atomic mass is 10.1. The highest BCUT2D eigenvalue weighted by Crippen LogP contribution is 2.12. The Bertz CT molecular complexity index is 621. The van der Waals surface area contributed by atoms with Crippen LogP contribution in [0.25, 0.3) is 0 Å². The Balaban J connectivity index is 1.84. The number of hydrogen-bond donors (Lipinski definition) is 1. The van der Waals surface area contributed by atoms with Crippen molar-refractivity contribution in [3.8, 4) is 0 Å². The number of carbonyl (C=O) groups is 1. The highest BCUT2D eigenvalue weighted by atomic mass is 32.1. The summed E-state index contributed by atoms with van der Waals surface area (Å²) in [5, 5.41) is 5.07. The van der Waals surface area contributed by atoms with E-state index in [9.17, 15) is 4.79 Å². The molecule has 2 amide bonds. The molecule has 0 atom stereocenters. The topological polar surface area (TPSA) is 35.6 Å². The molecule has 1 aromatic carbocycles. The van der Waals surface area contributed by atoms with Crippen LogP contribution in [0.2, 0.25) is 0 Å². The van der Waals surface area contributed by atoms with Gasteiger partial charge in [0, 0.05) is 24.5 Å². The SMILES string of the molecule is CCN(CC)Cc1ccc(CNC(=O)N(CC)Cc2cccs2)cc1. The first-order valence-corrected chi connectivity index (χ1v) is 9.89. The van der Waals surface area contributed by atoms with E-state index in [1.807, 2.05) is 23.3 Å². The summed E-state index contributed by atoms with van der Waals surface area (Å²) in [5.41, 5.74) is 2.44. The summed E-state index contributed by atoms with van der Waals surface area (Å²) in [6, 6.07) is 12.6. The largest absolute Gasteiger partial charge is 0.334 e. The van der Waals surface area contributed by atoms with E-state index >= 15 is 0 Å². The zero-order valence-corrected chi connectivity index (χ0v) is 16.3. The van der Waals surface area contributed by atoms with Gasteiger partial charge in [0.2, 0.25) is 0 Å².